The van der Waals surface area contributed by atoms with Gasteiger partial charge in [0.25, 0.3) is 0 Å². The Morgan fingerprint density at radius 1 is 1.25 bits per heavy atom. The molecule has 2 N–H and O–H groups in total. The van der Waals surface area contributed by atoms with Crippen LogP contribution in [0.2, 0.25) is 0 Å². The van der Waals surface area contributed by atoms with Crippen molar-refractivity contribution in [1.29, 1.82) is 0 Å². The first-order chi connectivity index (χ1) is 7.37. The third kappa shape index (κ3) is 1.56. The molecule has 0 aliphatic heterocycles. The summed E-state index contributed by atoms with van der Waals surface area (Å²) in [5, 5.41) is 0. The fourth-order valence-electron chi connectivity index (χ4n) is 3.00. The highest BCUT2D eigenvalue weighted by molar-refractivity contribution is 5.36. The van der Waals surface area contributed by atoms with Gasteiger partial charge in [-0.05, 0) is 48.4 Å². The van der Waals surface area contributed by atoms with Crippen molar-refractivity contribution >= 4 is 0 Å². The van der Waals surface area contributed by atoms with Gasteiger partial charge in [-0.15, -0.1) is 0 Å². The van der Waals surface area contributed by atoms with Crippen molar-refractivity contribution < 1.29 is 4.39 Å². The minimum atomic E-state index is -0.301. The molecule has 1 aliphatic carbocycles. The van der Waals surface area contributed by atoms with Crippen molar-refractivity contribution in [2.75, 3.05) is 0 Å². The van der Waals surface area contributed by atoms with Crippen LogP contribution in [0, 0.1) is 18.2 Å². The Hall–Kier alpha value is -0.890. The maximum atomic E-state index is 13.1. The molecule has 2 rings (SSSR count). The summed E-state index contributed by atoms with van der Waals surface area (Å²) in [6.07, 6.45) is 3.28. The Labute approximate surface area is 96.9 Å². The normalized spacial score (nSPS) is 28.3. The molecule has 0 radical (unpaired) electrons. The molecule has 0 heterocycles. The molecule has 1 nitrogen and oxygen atoms in total. The zero-order chi connectivity index (χ0) is 12.0. The van der Waals surface area contributed by atoms with Gasteiger partial charge in [-0.25, -0.2) is 4.39 Å². The van der Waals surface area contributed by atoms with Crippen LogP contribution >= 0.6 is 0 Å². The van der Waals surface area contributed by atoms with E-state index in [0.717, 1.165) is 30.4 Å². The number of nitrogens with two attached hydrogens (primary N) is 1. The Kier molecular flexibility index (Phi) is 2.58. The van der Waals surface area contributed by atoms with E-state index in [1.165, 1.54) is 6.07 Å². The second kappa shape index (κ2) is 3.56. The summed E-state index contributed by atoms with van der Waals surface area (Å²) in [7, 11) is 0. The number of benzene rings is 1. The van der Waals surface area contributed by atoms with E-state index in [9.17, 15) is 4.39 Å². The maximum absolute atomic E-state index is 13.1. The highest BCUT2D eigenvalue weighted by atomic mass is 19.1. The monoisotopic (exact) mass is 221 g/mol. The van der Waals surface area contributed by atoms with E-state index in [-0.39, 0.29) is 16.8 Å². The second-order valence-electron chi connectivity index (χ2n) is 5.67. The van der Waals surface area contributed by atoms with Gasteiger partial charge in [-0.1, -0.05) is 26.3 Å². The number of halogens is 1. The lowest BCUT2D eigenvalue weighted by Gasteiger charge is -2.39. The first kappa shape index (κ1) is 11.6. The van der Waals surface area contributed by atoms with Crippen LogP contribution in [-0.2, 0) is 5.54 Å². The second-order valence-corrected chi connectivity index (χ2v) is 5.67. The molecule has 0 saturated heterocycles. The van der Waals surface area contributed by atoms with Crippen LogP contribution < -0.4 is 5.73 Å². The van der Waals surface area contributed by atoms with Crippen molar-refractivity contribution in [1.82, 2.24) is 0 Å². The lowest BCUT2D eigenvalue weighted by atomic mass is 9.70. The lowest BCUT2D eigenvalue weighted by molar-refractivity contribution is 0.209. The van der Waals surface area contributed by atoms with Gasteiger partial charge in [0, 0.05) is 5.54 Å². The van der Waals surface area contributed by atoms with Gasteiger partial charge in [-0.2, -0.15) is 0 Å². The predicted molar refractivity (Wildman–Crippen MR) is 64.6 cm³/mol. The third-order valence-corrected chi connectivity index (χ3v) is 4.25. The average molecular weight is 221 g/mol. The summed E-state index contributed by atoms with van der Waals surface area (Å²) in [6, 6.07) is 4.96. The standard InChI is InChI=1S/C14H20FN/c1-10-9-11(15)5-6-12(10)14(16)8-4-7-13(14,2)3/h5-6,9H,4,7-8,16H2,1-3H3. The summed E-state index contributed by atoms with van der Waals surface area (Å²) >= 11 is 0. The Balaban J connectivity index is 2.51. The zero-order valence-electron chi connectivity index (χ0n) is 10.3. The van der Waals surface area contributed by atoms with Gasteiger partial charge in [0.15, 0.2) is 0 Å². The van der Waals surface area contributed by atoms with Crippen LogP contribution in [0.5, 0.6) is 0 Å². The largest absolute Gasteiger partial charge is 0.321 e. The quantitative estimate of drug-likeness (QED) is 0.771. The van der Waals surface area contributed by atoms with Gasteiger partial charge in [0.05, 0.1) is 0 Å². The Bertz CT molecular complexity index is 411. The fourth-order valence-corrected chi connectivity index (χ4v) is 3.00. The van der Waals surface area contributed by atoms with Crippen molar-refractivity contribution in [3.8, 4) is 0 Å². The van der Waals surface area contributed by atoms with E-state index in [4.69, 9.17) is 5.73 Å². The van der Waals surface area contributed by atoms with E-state index in [1.54, 1.807) is 6.07 Å². The van der Waals surface area contributed by atoms with Gasteiger partial charge in [-0.3, -0.25) is 0 Å². The smallest absolute Gasteiger partial charge is 0.123 e. The molecule has 1 atom stereocenters. The number of hydrogen-bond acceptors (Lipinski definition) is 1. The van der Waals surface area contributed by atoms with Crippen molar-refractivity contribution in [3.63, 3.8) is 0 Å². The number of rotatable bonds is 1. The summed E-state index contributed by atoms with van der Waals surface area (Å²) in [4.78, 5) is 0. The van der Waals surface area contributed by atoms with Gasteiger partial charge in [0.1, 0.15) is 5.82 Å². The highest BCUT2D eigenvalue weighted by Crippen LogP contribution is 2.51. The maximum Gasteiger partial charge on any atom is 0.123 e. The first-order valence-corrected chi connectivity index (χ1v) is 5.92. The molecule has 1 aromatic rings. The number of aryl methyl sites for hydroxylation is 1. The van der Waals surface area contributed by atoms with Crippen LogP contribution in [0.4, 0.5) is 4.39 Å². The van der Waals surface area contributed by atoms with E-state index < -0.39 is 0 Å². The van der Waals surface area contributed by atoms with E-state index in [0.29, 0.717) is 0 Å². The molecule has 0 amide bonds. The summed E-state index contributed by atoms with van der Waals surface area (Å²) < 4.78 is 13.1. The van der Waals surface area contributed by atoms with Crippen LogP contribution in [0.25, 0.3) is 0 Å². The molecule has 0 spiro atoms. The Morgan fingerprint density at radius 3 is 2.44 bits per heavy atom. The topological polar surface area (TPSA) is 26.0 Å². The van der Waals surface area contributed by atoms with Crippen molar-refractivity contribution in [2.24, 2.45) is 11.1 Å². The lowest BCUT2D eigenvalue weighted by Crippen LogP contribution is -2.46. The van der Waals surface area contributed by atoms with E-state index >= 15 is 0 Å². The molecule has 0 bridgehead atoms. The van der Waals surface area contributed by atoms with E-state index in [2.05, 4.69) is 13.8 Å². The summed E-state index contributed by atoms with van der Waals surface area (Å²) in [6.45, 7) is 6.37. The minimum Gasteiger partial charge on any atom is -0.321 e. The van der Waals surface area contributed by atoms with Crippen LogP contribution in [0.15, 0.2) is 18.2 Å². The van der Waals surface area contributed by atoms with Crippen LogP contribution in [-0.4, -0.2) is 0 Å². The molecule has 1 unspecified atom stereocenters. The van der Waals surface area contributed by atoms with Crippen molar-refractivity contribution in [3.05, 3.63) is 35.1 Å². The molecule has 1 fully saturated rings. The molecule has 16 heavy (non-hydrogen) atoms. The Morgan fingerprint density at radius 2 is 1.94 bits per heavy atom. The molecular formula is C14H20FN. The first-order valence-electron chi connectivity index (χ1n) is 5.92. The number of hydrogen-bond donors (Lipinski definition) is 1. The average Bonchev–Trinajstić information content (AvgIpc) is 2.41. The summed E-state index contributed by atoms with van der Waals surface area (Å²) in [5.74, 6) is -0.180. The third-order valence-electron chi connectivity index (χ3n) is 4.25. The molecule has 1 aromatic carbocycles. The molecule has 2 heteroatoms. The van der Waals surface area contributed by atoms with Crippen LogP contribution in [0.3, 0.4) is 0 Å². The van der Waals surface area contributed by atoms with Gasteiger partial charge >= 0.3 is 0 Å². The SMILES string of the molecule is Cc1cc(F)ccc1C1(N)CCCC1(C)C. The van der Waals surface area contributed by atoms with E-state index in [1.807, 2.05) is 13.0 Å². The molecule has 88 valence electrons. The zero-order valence-corrected chi connectivity index (χ0v) is 10.3. The molecule has 0 aromatic heterocycles. The molecule has 1 saturated carbocycles. The minimum absolute atomic E-state index is 0.0928. The predicted octanol–water partition coefficient (Wildman–Crippen LogP) is 3.50. The molecule has 1 aliphatic rings. The van der Waals surface area contributed by atoms with Crippen molar-refractivity contribution in [2.45, 2.75) is 45.6 Å². The fraction of sp³-hybridized carbons (Fsp3) is 0.571. The highest BCUT2D eigenvalue weighted by Gasteiger charge is 2.47. The van der Waals surface area contributed by atoms with Gasteiger partial charge in [0.2, 0.25) is 0 Å². The van der Waals surface area contributed by atoms with Crippen LogP contribution in [0.1, 0.15) is 44.2 Å². The molecular weight excluding hydrogens is 201 g/mol. The van der Waals surface area contributed by atoms with Gasteiger partial charge < -0.3 is 5.73 Å². The summed E-state index contributed by atoms with van der Waals surface area (Å²) in [5.41, 5.74) is 8.46.